The number of benzene rings is 2. The third-order valence-electron chi connectivity index (χ3n) is 12.5. The van der Waals surface area contributed by atoms with Crippen molar-refractivity contribution >= 4 is 62.5 Å². The van der Waals surface area contributed by atoms with Crippen LogP contribution in [0.15, 0.2) is 65.1 Å². The predicted octanol–water partition coefficient (Wildman–Crippen LogP) is 5.73. The van der Waals surface area contributed by atoms with Crippen molar-refractivity contribution in [3.8, 4) is 0 Å². The van der Waals surface area contributed by atoms with Crippen LogP contribution < -0.4 is 9.80 Å². The molecule has 3 fully saturated rings. The lowest BCUT2D eigenvalue weighted by atomic mass is 9.46. The lowest BCUT2D eigenvalue weighted by Gasteiger charge is -2.59. The molecule has 0 aliphatic heterocycles. The number of thioether (sulfide) groups is 1. The number of nitrogens with zero attached hydrogens (tertiary/aromatic N) is 3. The molecule has 7 rings (SSSR count). The SMILES string of the molecule is CN(C)c1ccc2c(SCC(=O)OCC(=O)[C@@]3(O)CC[C@H]4[C@@H]5CCC6=CC(=O)C=C[C@]6(C)[C@H]5[C@H](O)C[C@@]43C)c3ccc(N(C)C)cc3nc2c1. The van der Waals surface area contributed by atoms with Crippen LogP contribution in [0.3, 0.4) is 0 Å². The average Bonchev–Trinajstić information content (AvgIpc) is 3.35. The summed E-state index contributed by atoms with van der Waals surface area (Å²) < 4.78 is 5.57. The molecule has 10 heteroatoms. The molecule has 4 aliphatic rings. The van der Waals surface area contributed by atoms with Gasteiger partial charge < -0.3 is 24.7 Å². The topological polar surface area (TPSA) is 120 Å². The van der Waals surface area contributed by atoms with Gasteiger partial charge in [0.15, 0.2) is 12.4 Å². The monoisotopic (exact) mass is 697 g/mol. The zero-order valence-electron chi connectivity index (χ0n) is 29.7. The molecule has 50 heavy (non-hydrogen) atoms. The van der Waals surface area contributed by atoms with Gasteiger partial charge in [-0.1, -0.05) is 25.5 Å². The summed E-state index contributed by atoms with van der Waals surface area (Å²) in [5.41, 5.74) is 1.75. The average molecular weight is 698 g/mol. The van der Waals surface area contributed by atoms with Gasteiger partial charge >= 0.3 is 5.97 Å². The normalized spacial score (nSPS) is 31.5. The van der Waals surface area contributed by atoms with Crippen LogP contribution in [0.1, 0.15) is 46.0 Å². The number of fused-ring (bicyclic) bond motifs is 7. The quantitative estimate of drug-likeness (QED) is 0.172. The number of aliphatic hydroxyl groups excluding tert-OH is 1. The minimum atomic E-state index is -1.71. The zero-order chi connectivity index (χ0) is 35.7. The molecule has 2 aromatic carbocycles. The fourth-order valence-corrected chi connectivity index (χ4v) is 10.8. The maximum absolute atomic E-state index is 13.8. The van der Waals surface area contributed by atoms with Crippen LogP contribution in [-0.4, -0.2) is 85.0 Å². The number of esters is 1. The Hall–Kier alpha value is -3.73. The predicted molar refractivity (Wildman–Crippen MR) is 198 cm³/mol. The summed E-state index contributed by atoms with van der Waals surface area (Å²) >= 11 is 1.36. The molecular formula is C40H47N3O6S. The van der Waals surface area contributed by atoms with Crippen LogP contribution in [-0.2, 0) is 19.1 Å². The van der Waals surface area contributed by atoms with E-state index in [2.05, 4.69) is 6.92 Å². The van der Waals surface area contributed by atoms with E-state index in [0.717, 1.165) is 56.5 Å². The summed E-state index contributed by atoms with van der Waals surface area (Å²) in [4.78, 5) is 49.1. The second-order valence-electron chi connectivity index (χ2n) is 15.6. The van der Waals surface area contributed by atoms with Crippen LogP contribution in [0.25, 0.3) is 21.8 Å². The molecule has 0 bridgehead atoms. The lowest BCUT2D eigenvalue weighted by molar-refractivity contribution is -0.181. The molecule has 1 aromatic heterocycles. The zero-order valence-corrected chi connectivity index (χ0v) is 30.5. The summed E-state index contributed by atoms with van der Waals surface area (Å²) in [6, 6.07) is 12.2. The Bertz CT molecular complexity index is 1910. The molecule has 0 radical (unpaired) electrons. The molecule has 7 atom stereocenters. The number of anilines is 2. The molecule has 0 unspecified atom stereocenters. The van der Waals surface area contributed by atoms with Crippen LogP contribution >= 0.6 is 11.8 Å². The van der Waals surface area contributed by atoms with Crippen molar-refractivity contribution < 1.29 is 29.3 Å². The van der Waals surface area contributed by atoms with Crippen molar-refractivity contribution in [2.45, 2.75) is 62.6 Å². The van der Waals surface area contributed by atoms with Gasteiger partial charge in [-0.25, -0.2) is 4.98 Å². The van der Waals surface area contributed by atoms with Crippen molar-refractivity contribution in [3.63, 3.8) is 0 Å². The first-order valence-corrected chi connectivity index (χ1v) is 18.5. The highest BCUT2D eigenvalue weighted by molar-refractivity contribution is 8.00. The Morgan fingerprint density at radius 1 is 1.00 bits per heavy atom. The van der Waals surface area contributed by atoms with Gasteiger partial charge in [0.1, 0.15) is 5.60 Å². The number of Topliss-reactive ketones (excluding diaryl/α,β-unsaturated/α-hetero) is 1. The van der Waals surface area contributed by atoms with E-state index in [4.69, 9.17) is 9.72 Å². The maximum Gasteiger partial charge on any atom is 0.316 e. The van der Waals surface area contributed by atoms with Gasteiger partial charge in [-0.2, -0.15) is 0 Å². The van der Waals surface area contributed by atoms with Crippen LogP contribution in [0.2, 0.25) is 0 Å². The highest BCUT2D eigenvalue weighted by Gasteiger charge is 2.68. The summed E-state index contributed by atoms with van der Waals surface area (Å²) in [7, 11) is 7.93. The Morgan fingerprint density at radius 2 is 1.64 bits per heavy atom. The Morgan fingerprint density at radius 3 is 2.26 bits per heavy atom. The van der Waals surface area contributed by atoms with E-state index in [9.17, 15) is 24.6 Å². The van der Waals surface area contributed by atoms with E-state index in [1.165, 1.54) is 11.8 Å². The van der Waals surface area contributed by atoms with Gasteiger partial charge in [0, 0.05) is 72.0 Å². The van der Waals surface area contributed by atoms with Gasteiger partial charge in [-0.15, -0.1) is 11.8 Å². The molecule has 9 nitrogen and oxygen atoms in total. The number of pyridine rings is 1. The van der Waals surface area contributed by atoms with E-state index in [0.29, 0.717) is 6.42 Å². The first-order valence-electron chi connectivity index (χ1n) is 17.5. The number of ketones is 2. The van der Waals surface area contributed by atoms with Gasteiger partial charge in [0.2, 0.25) is 5.78 Å². The van der Waals surface area contributed by atoms with Gasteiger partial charge in [-0.3, -0.25) is 14.4 Å². The highest BCUT2D eigenvalue weighted by atomic mass is 32.2. The van der Waals surface area contributed by atoms with Crippen molar-refractivity contribution in [2.24, 2.45) is 28.6 Å². The summed E-state index contributed by atoms with van der Waals surface area (Å²) in [6.07, 6.45) is 7.27. The molecule has 3 aromatic rings. The second-order valence-corrected chi connectivity index (χ2v) is 16.6. The van der Waals surface area contributed by atoms with E-state index < -0.39 is 40.9 Å². The highest BCUT2D eigenvalue weighted by Crippen LogP contribution is 2.67. The minimum Gasteiger partial charge on any atom is -0.457 e. The third-order valence-corrected chi connectivity index (χ3v) is 13.6. The first kappa shape index (κ1) is 34.7. The second kappa shape index (κ2) is 12.5. The van der Waals surface area contributed by atoms with Gasteiger partial charge in [0.25, 0.3) is 0 Å². The number of rotatable bonds is 8. The number of hydrogen-bond acceptors (Lipinski definition) is 10. The van der Waals surface area contributed by atoms with Crippen LogP contribution in [0.5, 0.6) is 0 Å². The number of hydrogen-bond donors (Lipinski definition) is 2. The van der Waals surface area contributed by atoms with E-state index in [1.807, 2.05) is 87.4 Å². The smallest absolute Gasteiger partial charge is 0.316 e. The Kier molecular flexibility index (Phi) is 8.67. The van der Waals surface area contributed by atoms with E-state index in [1.54, 1.807) is 12.2 Å². The molecule has 3 saturated carbocycles. The van der Waals surface area contributed by atoms with E-state index >= 15 is 0 Å². The van der Waals surface area contributed by atoms with Gasteiger partial charge in [0.05, 0.1) is 22.9 Å². The Balaban J connectivity index is 1.07. The summed E-state index contributed by atoms with van der Waals surface area (Å²) in [5.74, 6) is -1.06. The first-order chi connectivity index (χ1) is 23.7. The summed E-state index contributed by atoms with van der Waals surface area (Å²) in [5, 5.41) is 25.6. The molecule has 2 N–H and O–H groups in total. The van der Waals surface area contributed by atoms with E-state index in [-0.39, 0.29) is 42.1 Å². The van der Waals surface area contributed by atoms with Crippen molar-refractivity contribution in [3.05, 3.63) is 60.2 Å². The molecule has 0 saturated heterocycles. The third kappa shape index (κ3) is 5.45. The lowest BCUT2D eigenvalue weighted by Crippen LogP contribution is -2.61. The number of allylic oxidation sites excluding steroid dienone is 4. The molecule has 4 aliphatic carbocycles. The maximum atomic E-state index is 13.8. The number of aliphatic hydroxyl groups is 2. The Labute approximate surface area is 297 Å². The number of ether oxygens (including phenoxy) is 1. The number of carbonyl (C=O) groups excluding carboxylic acids is 3. The fourth-order valence-electron chi connectivity index (χ4n) is 9.82. The largest absolute Gasteiger partial charge is 0.457 e. The molecule has 0 spiro atoms. The van der Waals surface area contributed by atoms with Crippen molar-refractivity contribution in [1.82, 2.24) is 4.98 Å². The van der Waals surface area contributed by atoms with Crippen LogP contribution in [0.4, 0.5) is 11.4 Å². The molecular weight excluding hydrogens is 651 g/mol. The molecule has 0 amide bonds. The standard InChI is InChI=1S/C40H47N3O6S/c1-38-15-13-26(44)17-23(38)7-10-27-30-14-16-40(48,39(30,2)20-33(45)36(27)38)34(46)21-49-35(47)22-50-37-28-11-8-24(42(3)4)18-31(28)41-32-19-25(43(5)6)9-12-29(32)37/h8-9,11-13,15,17-19,27,30,33,36,45,48H,7,10,14,16,20-22H2,1-6H3/t27-,30-,33+,36+,38-,39-,40-/m0/s1. The fraction of sp³-hybridized carbons (Fsp3) is 0.500. The molecule has 264 valence electrons. The van der Waals surface area contributed by atoms with Crippen molar-refractivity contribution in [1.29, 1.82) is 0 Å². The summed E-state index contributed by atoms with van der Waals surface area (Å²) in [6.45, 7) is 3.51. The number of aromatic nitrogens is 1. The minimum absolute atomic E-state index is 0.0143. The number of carbonyl (C=O) groups is 3. The van der Waals surface area contributed by atoms with Crippen LogP contribution in [0, 0.1) is 28.6 Å². The van der Waals surface area contributed by atoms with Crippen molar-refractivity contribution in [2.75, 3.05) is 50.4 Å². The van der Waals surface area contributed by atoms with Gasteiger partial charge in [-0.05, 0) is 92.5 Å². The molecule has 1 heterocycles.